The summed E-state index contributed by atoms with van der Waals surface area (Å²) < 4.78 is 10.9. The molecule has 0 aliphatic heterocycles. The van der Waals surface area contributed by atoms with Crippen molar-refractivity contribution in [2.45, 2.75) is 26.3 Å². The molecule has 1 unspecified atom stereocenters. The van der Waals surface area contributed by atoms with Crippen LogP contribution in [-0.2, 0) is 0 Å². The number of hydrogen-bond acceptors (Lipinski definition) is 6. The van der Waals surface area contributed by atoms with Gasteiger partial charge >= 0.3 is 0 Å². The third-order valence-electron chi connectivity index (χ3n) is 2.75. The summed E-state index contributed by atoms with van der Waals surface area (Å²) in [7, 11) is 1.59. The van der Waals surface area contributed by atoms with Crippen LogP contribution < -0.4 is 10.1 Å². The topological polar surface area (TPSA) is 73.1 Å². The maximum absolute atomic E-state index is 5.68. The largest absolute Gasteiger partial charge is 0.494 e. The maximum Gasteiger partial charge on any atom is 0.251 e. The number of nitrogens with one attached hydrogen (secondary N) is 1. The summed E-state index contributed by atoms with van der Waals surface area (Å²) in [6, 6.07) is 1.83. The predicted octanol–water partition coefficient (Wildman–Crippen LogP) is 2.20. The average Bonchev–Trinajstić information content (AvgIpc) is 2.94. The number of rotatable bonds is 6. The second kappa shape index (κ2) is 6.29. The van der Waals surface area contributed by atoms with Crippen molar-refractivity contribution >= 4 is 0 Å². The van der Waals surface area contributed by atoms with Crippen molar-refractivity contribution in [2.24, 2.45) is 0 Å². The highest BCUT2D eigenvalue weighted by Crippen LogP contribution is 2.28. The van der Waals surface area contributed by atoms with Crippen molar-refractivity contribution < 1.29 is 9.15 Å². The molecule has 0 spiro atoms. The standard InChI is InChI=1S/C13H18N4O2/c1-4-6-15-9(2)12-16-17-13(19-12)10-5-7-14-8-11(10)18-3/h5,7-9,15H,4,6H2,1-3H3. The lowest BCUT2D eigenvalue weighted by atomic mass is 10.2. The number of pyridine rings is 1. The van der Waals surface area contributed by atoms with E-state index in [-0.39, 0.29) is 6.04 Å². The van der Waals surface area contributed by atoms with E-state index in [1.54, 1.807) is 25.6 Å². The highest BCUT2D eigenvalue weighted by Gasteiger charge is 2.16. The van der Waals surface area contributed by atoms with Crippen LogP contribution in [0.25, 0.3) is 11.5 Å². The summed E-state index contributed by atoms with van der Waals surface area (Å²) in [4.78, 5) is 4.00. The summed E-state index contributed by atoms with van der Waals surface area (Å²) in [6.45, 7) is 5.02. The van der Waals surface area contributed by atoms with Gasteiger partial charge in [-0.15, -0.1) is 10.2 Å². The van der Waals surface area contributed by atoms with Gasteiger partial charge < -0.3 is 14.5 Å². The van der Waals surface area contributed by atoms with Gasteiger partial charge in [0.1, 0.15) is 5.75 Å². The van der Waals surface area contributed by atoms with Crippen LogP contribution in [0.15, 0.2) is 22.9 Å². The Morgan fingerprint density at radius 3 is 3.00 bits per heavy atom. The quantitative estimate of drug-likeness (QED) is 0.860. The molecule has 1 atom stereocenters. The molecule has 0 aliphatic rings. The van der Waals surface area contributed by atoms with Crippen LogP contribution in [0.1, 0.15) is 32.2 Å². The minimum absolute atomic E-state index is 0.0361. The molecule has 0 aromatic carbocycles. The van der Waals surface area contributed by atoms with Crippen molar-refractivity contribution in [1.29, 1.82) is 0 Å². The molecular formula is C13H18N4O2. The van der Waals surface area contributed by atoms with Crippen molar-refractivity contribution in [3.63, 3.8) is 0 Å². The fourth-order valence-electron chi connectivity index (χ4n) is 1.69. The second-order valence-electron chi connectivity index (χ2n) is 4.20. The molecule has 0 amide bonds. The lowest BCUT2D eigenvalue weighted by Crippen LogP contribution is -2.19. The third kappa shape index (κ3) is 3.08. The van der Waals surface area contributed by atoms with E-state index >= 15 is 0 Å². The zero-order valence-corrected chi connectivity index (χ0v) is 11.4. The van der Waals surface area contributed by atoms with Crippen LogP contribution in [0.5, 0.6) is 5.75 Å². The zero-order valence-electron chi connectivity index (χ0n) is 11.4. The van der Waals surface area contributed by atoms with Crippen molar-refractivity contribution in [3.8, 4) is 17.2 Å². The lowest BCUT2D eigenvalue weighted by molar-refractivity contribution is 0.405. The molecule has 6 nitrogen and oxygen atoms in total. The summed E-state index contributed by atoms with van der Waals surface area (Å²) in [5, 5.41) is 11.4. The highest BCUT2D eigenvalue weighted by molar-refractivity contribution is 5.60. The Morgan fingerprint density at radius 1 is 1.42 bits per heavy atom. The molecule has 102 valence electrons. The van der Waals surface area contributed by atoms with Gasteiger partial charge in [0, 0.05) is 6.20 Å². The molecule has 2 heterocycles. The Balaban J connectivity index is 2.20. The SMILES string of the molecule is CCCNC(C)c1nnc(-c2ccncc2OC)o1. The summed E-state index contributed by atoms with van der Waals surface area (Å²) in [5.41, 5.74) is 0.749. The van der Waals surface area contributed by atoms with Gasteiger partial charge in [-0.3, -0.25) is 4.98 Å². The van der Waals surface area contributed by atoms with Crippen LogP contribution in [0.4, 0.5) is 0 Å². The molecule has 6 heteroatoms. The van der Waals surface area contributed by atoms with Gasteiger partial charge in [0.15, 0.2) is 0 Å². The highest BCUT2D eigenvalue weighted by atomic mass is 16.5. The fourth-order valence-corrected chi connectivity index (χ4v) is 1.69. The molecule has 0 bridgehead atoms. The van der Waals surface area contributed by atoms with Crippen LogP contribution >= 0.6 is 0 Å². The van der Waals surface area contributed by atoms with Gasteiger partial charge in [0.25, 0.3) is 5.89 Å². The van der Waals surface area contributed by atoms with E-state index < -0.39 is 0 Å². The number of aromatic nitrogens is 3. The zero-order chi connectivity index (χ0) is 13.7. The summed E-state index contributed by atoms with van der Waals surface area (Å²) >= 11 is 0. The first-order valence-corrected chi connectivity index (χ1v) is 6.31. The van der Waals surface area contributed by atoms with E-state index in [4.69, 9.17) is 9.15 Å². The van der Waals surface area contributed by atoms with Crippen molar-refractivity contribution in [2.75, 3.05) is 13.7 Å². The number of hydrogen-bond donors (Lipinski definition) is 1. The maximum atomic E-state index is 5.68. The molecule has 19 heavy (non-hydrogen) atoms. The molecule has 2 aromatic heterocycles. The Kier molecular flexibility index (Phi) is 4.46. The van der Waals surface area contributed by atoms with Gasteiger partial charge in [-0.2, -0.15) is 0 Å². The molecule has 0 aliphatic carbocycles. The predicted molar refractivity (Wildman–Crippen MR) is 70.8 cm³/mol. The van der Waals surface area contributed by atoms with E-state index in [2.05, 4.69) is 27.4 Å². The normalized spacial score (nSPS) is 12.4. The molecule has 2 aromatic rings. The second-order valence-corrected chi connectivity index (χ2v) is 4.20. The van der Waals surface area contributed by atoms with E-state index in [0.29, 0.717) is 17.5 Å². The number of nitrogens with zero attached hydrogens (tertiary/aromatic N) is 3. The van der Waals surface area contributed by atoms with E-state index in [1.807, 2.05) is 6.92 Å². The fraction of sp³-hybridized carbons (Fsp3) is 0.462. The Bertz CT molecular complexity index is 527. The minimum Gasteiger partial charge on any atom is -0.494 e. The minimum atomic E-state index is 0.0361. The molecule has 0 radical (unpaired) electrons. The third-order valence-corrected chi connectivity index (χ3v) is 2.75. The summed E-state index contributed by atoms with van der Waals surface area (Å²) in [5.74, 6) is 1.63. The van der Waals surface area contributed by atoms with Crippen LogP contribution in [-0.4, -0.2) is 28.8 Å². The molecule has 2 rings (SSSR count). The first-order chi connectivity index (χ1) is 9.26. The van der Waals surface area contributed by atoms with Gasteiger partial charge in [0.2, 0.25) is 5.89 Å². The van der Waals surface area contributed by atoms with Gasteiger partial charge in [-0.25, -0.2) is 0 Å². The summed E-state index contributed by atoms with van der Waals surface area (Å²) in [6.07, 6.45) is 4.35. The lowest BCUT2D eigenvalue weighted by Gasteiger charge is -2.07. The smallest absolute Gasteiger partial charge is 0.251 e. The van der Waals surface area contributed by atoms with Crippen LogP contribution in [0.2, 0.25) is 0 Å². The Morgan fingerprint density at radius 2 is 2.26 bits per heavy atom. The van der Waals surface area contributed by atoms with E-state index in [1.165, 1.54) is 0 Å². The molecular weight excluding hydrogens is 244 g/mol. The van der Waals surface area contributed by atoms with Crippen LogP contribution in [0, 0.1) is 0 Å². The van der Waals surface area contributed by atoms with Crippen LogP contribution in [0.3, 0.4) is 0 Å². The first-order valence-electron chi connectivity index (χ1n) is 6.31. The van der Waals surface area contributed by atoms with Gasteiger partial charge in [-0.1, -0.05) is 6.92 Å². The van der Waals surface area contributed by atoms with Crippen molar-refractivity contribution in [3.05, 3.63) is 24.4 Å². The molecule has 0 fully saturated rings. The molecule has 1 N–H and O–H groups in total. The number of ether oxygens (including phenoxy) is 1. The van der Waals surface area contributed by atoms with E-state index in [9.17, 15) is 0 Å². The average molecular weight is 262 g/mol. The molecule has 0 saturated carbocycles. The number of methoxy groups -OCH3 is 1. The Hall–Kier alpha value is -1.95. The van der Waals surface area contributed by atoms with E-state index in [0.717, 1.165) is 18.5 Å². The van der Waals surface area contributed by atoms with Crippen molar-refractivity contribution in [1.82, 2.24) is 20.5 Å². The monoisotopic (exact) mass is 262 g/mol. The Labute approximate surface area is 112 Å². The van der Waals surface area contributed by atoms with Gasteiger partial charge in [-0.05, 0) is 26.0 Å². The first kappa shape index (κ1) is 13.5. The van der Waals surface area contributed by atoms with Gasteiger partial charge in [0.05, 0.1) is 24.9 Å². The molecule has 0 saturated heterocycles.